The molecule has 8 nitrogen and oxygen atoms in total. The van der Waals surface area contributed by atoms with Crippen LogP contribution in [0.15, 0.2) is 42.5 Å². The van der Waals surface area contributed by atoms with Gasteiger partial charge < -0.3 is 23.8 Å². The Kier molecular flexibility index (Phi) is 9.19. The second kappa shape index (κ2) is 12.1. The van der Waals surface area contributed by atoms with Crippen molar-refractivity contribution < 1.29 is 32.5 Å². The highest BCUT2D eigenvalue weighted by molar-refractivity contribution is 5.92. The predicted octanol–water partition coefficient (Wildman–Crippen LogP) is 5.58. The second-order valence-corrected chi connectivity index (χ2v) is 9.68. The molecule has 0 spiro atoms. The van der Waals surface area contributed by atoms with Gasteiger partial charge in [-0.3, -0.25) is 9.48 Å². The molecule has 3 aromatic rings. The monoisotopic (exact) mass is 531 g/mol. The van der Waals surface area contributed by atoms with Gasteiger partial charge in [-0.25, -0.2) is 0 Å². The Bertz CT molecular complexity index is 1250. The number of hydrogen-bond acceptors (Lipinski definition) is 6. The molecule has 0 unspecified atom stereocenters. The van der Waals surface area contributed by atoms with E-state index in [0.29, 0.717) is 28.3 Å². The summed E-state index contributed by atoms with van der Waals surface area (Å²) in [6, 6.07) is 11.9. The normalized spacial score (nSPS) is 11.4. The van der Waals surface area contributed by atoms with Crippen LogP contribution in [0.4, 0.5) is 8.78 Å². The first kappa shape index (κ1) is 28.7. The van der Waals surface area contributed by atoms with Gasteiger partial charge in [-0.05, 0) is 31.2 Å². The van der Waals surface area contributed by atoms with Crippen molar-refractivity contribution in [1.29, 1.82) is 0 Å². The van der Waals surface area contributed by atoms with Gasteiger partial charge in [-0.15, -0.1) is 0 Å². The van der Waals surface area contributed by atoms with Gasteiger partial charge in [-0.1, -0.05) is 32.9 Å². The molecule has 0 aliphatic carbocycles. The highest BCUT2D eigenvalue weighted by Crippen LogP contribution is 2.35. The lowest BCUT2D eigenvalue weighted by Crippen LogP contribution is -2.32. The van der Waals surface area contributed by atoms with Gasteiger partial charge in [0.05, 0.1) is 39.6 Å². The first-order chi connectivity index (χ1) is 18.0. The van der Waals surface area contributed by atoms with Crippen molar-refractivity contribution in [1.82, 2.24) is 14.7 Å². The topological polar surface area (TPSA) is 75.0 Å². The molecule has 1 heterocycles. The minimum Gasteiger partial charge on any atom is -0.497 e. The number of halogens is 2. The van der Waals surface area contributed by atoms with Crippen molar-refractivity contribution in [2.75, 3.05) is 20.8 Å². The summed E-state index contributed by atoms with van der Waals surface area (Å²) in [5, 5.41) is 4.54. The molecule has 0 aliphatic rings. The standard InChI is InChI=1S/C28H35F2N3O5/c1-8-37-22-11-9-10-19(25(22)38-27(29)30)17-33(16-18-12-13-20(35-6)14-23(18)36-7)26(34)21-15-24(28(2,3)4)31-32(21)5/h9-15,27H,8,16-17H2,1-7H3. The Balaban J connectivity index is 2.09. The molecule has 0 saturated carbocycles. The number of ether oxygens (including phenoxy) is 4. The molecule has 2 aromatic carbocycles. The minimum atomic E-state index is -3.06. The number of methoxy groups -OCH3 is 2. The second-order valence-electron chi connectivity index (χ2n) is 9.68. The Morgan fingerprint density at radius 3 is 2.32 bits per heavy atom. The zero-order valence-electron chi connectivity index (χ0n) is 22.9. The summed E-state index contributed by atoms with van der Waals surface area (Å²) < 4.78 is 49.5. The molecule has 0 atom stereocenters. The number of amides is 1. The molecule has 3 rings (SSSR count). The first-order valence-corrected chi connectivity index (χ1v) is 12.2. The molecule has 1 amide bonds. The average molecular weight is 532 g/mol. The van der Waals surface area contributed by atoms with E-state index in [4.69, 9.17) is 18.9 Å². The number of carbonyl (C=O) groups is 1. The third-order valence-electron chi connectivity index (χ3n) is 5.94. The van der Waals surface area contributed by atoms with Crippen LogP contribution in [0.5, 0.6) is 23.0 Å². The van der Waals surface area contributed by atoms with Gasteiger partial charge in [0.15, 0.2) is 11.5 Å². The molecular formula is C28H35F2N3O5. The average Bonchev–Trinajstić information content (AvgIpc) is 3.27. The number of aryl methyl sites for hydroxylation is 1. The number of carbonyl (C=O) groups excluding carboxylic acids is 1. The fourth-order valence-corrected chi connectivity index (χ4v) is 3.97. The molecule has 0 saturated heterocycles. The van der Waals surface area contributed by atoms with Crippen molar-refractivity contribution >= 4 is 5.91 Å². The smallest absolute Gasteiger partial charge is 0.387 e. The van der Waals surface area contributed by atoms with Gasteiger partial charge in [0.25, 0.3) is 5.91 Å². The Morgan fingerprint density at radius 2 is 1.74 bits per heavy atom. The summed E-state index contributed by atoms with van der Waals surface area (Å²) in [4.78, 5) is 15.5. The lowest BCUT2D eigenvalue weighted by molar-refractivity contribution is -0.0523. The number of hydrogen-bond donors (Lipinski definition) is 0. The molecule has 0 N–H and O–H groups in total. The summed E-state index contributed by atoms with van der Waals surface area (Å²) in [5.41, 5.74) is 1.92. The van der Waals surface area contributed by atoms with Gasteiger partial charge in [0.1, 0.15) is 17.2 Å². The summed E-state index contributed by atoms with van der Waals surface area (Å²) in [6.45, 7) is 5.07. The molecule has 0 fully saturated rings. The lowest BCUT2D eigenvalue weighted by atomic mass is 9.92. The van der Waals surface area contributed by atoms with E-state index < -0.39 is 6.61 Å². The molecule has 0 aliphatic heterocycles. The van der Waals surface area contributed by atoms with Crippen LogP contribution in [0.25, 0.3) is 0 Å². The van der Waals surface area contributed by atoms with E-state index in [1.807, 2.05) is 20.8 Å². The summed E-state index contributed by atoms with van der Waals surface area (Å²) in [5.74, 6) is 0.856. The van der Waals surface area contributed by atoms with E-state index in [-0.39, 0.29) is 42.5 Å². The SMILES string of the molecule is CCOc1cccc(CN(Cc2ccc(OC)cc2OC)C(=O)c2cc(C(C)(C)C)nn2C)c1OC(F)F. The zero-order valence-corrected chi connectivity index (χ0v) is 22.9. The molecule has 38 heavy (non-hydrogen) atoms. The Labute approximate surface area is 222 Å². The van der Waals surface area contributed by atoms with Crippen LogP contribution in [0, 0.1) is 0 Å². The number of alkyl halides is 2. The molecule has 0 radical (unpaired) electrons. The maximum Gasteiger partial charge on any atom is 0.387 e. The fourth-order valence-electron chi connectivity index (χ4n) is 3.97. The Hall–Kier alpha value is -3.82. The van der Waals surface area contributed by atoms with Crippen molar-refractivity contribution in [2.24, 2.45) is 7.05 Å². The van der Waals surface area contributed by atoms with Crippen LogP contribution >= 0.6 is 0 Å². The van der Waals surface area contributed by atoms with Gasteiger partial charge in [0, 0.05) is 29.7 Å². The van der Waals surface area contributed by atoms with Gasteiger partial charge in [-0.2, -0.15) is 13.9 Å². The lowest BCUT2D eigenvalue weighted by Gasteiger charge is -2.25. The van der Waals surface area contributed by atoms with E-state index in [1.165, 1.54) is 16.7 Å². The van der Waals surface area contributed by atoms with Crippen LogP contribution in [-0.4, -0.2) is 48.0 Å². The maximum atomic E-state index is 14.0. The molecule has 1 aromatic heterocycles. The number of rotatable bonds is 11. The largest absolute Gasteiger partial charge is 0.497 e. The van der Waals surface area contributed by atoms with Crippen LogP contribution in [0.2, 0.25) is 0 Å². The summed E-state index contributed by atoms with van der Waals surface area (Å²) in [7, 11) is 4.78. The van der Waals surface area contributed by atoms with E-state index >= 15 is 0 Å². The summed E-state index contributed by atoms with van der Waals surface area (Å²) in [6.07, 6.45) is 0. The predicted molar refractivity (Wildman–Crippen MR) is 139 cm³/mol. The van der Waals surface area contributed by atoms with Crippen LogP contribution in [0.3, 0.4) is 0 Å². The highest BCUT2D eigenvalue weighted by Gasteiger charge is 2.27. The van der Waals surface area contributed by atoms with E-state index in [2.05, 4.69) is 5.10 Å². The number of para-hydroxylation sites is 1. The third kappa shape index (κ3) is 6.73. The van der Waals surface area contributed by atoms with Crippen molar-refractivity contribution in [3.63, 3.8) is 0 Å². The number of benzene rings is 2. The molecule has 206 valence electrons. The fraction of sp³-hybridized carbons (Fsp3) is 0.429. The molecule has 0 bridgehead atoms. The summed E-state index contributed by atoms with van der Waals surface area (Å²) >= 11 is 0. The number of aromatic nitrogens is 2. The molecule has 10 heteroatoms. The quantitative estimate of drug-likeness (QED) is 0.322. The Morgan fingerprint density at radius 1 is 1.03 bits per heavy atom. The van der Waals surface area contributed by atoms with Crippen molar-refractivity contribution in [3.8, 4) is 23.0 Å². The minimum absolute atomic E-state index is 0.0347. The van der Waals surface area contributed by atoms with Gasteiger partial charge in [0.2, 0.25) is 0 Å². The van der Waals surface area contributed by atoms with Crippen LogP contribution in [0.1, 0.15) is 55.0 Å². The van der Waals surface area contributed by atoms with Crippen molar-refractivity contribution in [3.05, 3.63) is 65.0 Å². The molecular weight excluding hydrogens is 496 g/mol. The van der Waals surface area contributed by atoms with Gasteiger partial charge >= 0.3 is 6.61 Å². The van der Waals surface area contributed by atoms with E-state index in [9.17, 15) is 13.6 Å². The van der Waals surface area contributed by atoms with Crippen molar-refractivity contribution in [2.45, 2.75) is 52.8 Å². The van der Waals surface area contributed by atoms with Crippen LogP contribution in [-0.2, 0) is 25.6 Å². The third-order valence-corrected chi connectivity index (χ3v) is 5.94. The van der Waals surface area contributed by atoms with Crippen LogP contribution < -0.4 is 18.9 Å². The van der Waals surface area contributed by atoms with E-state index in [0.717, 1.165) is 5.69 Å². The highest BCUT2D eigenvalue weighted by atomic mass is 19.3. The first-order valence-electron chi connectivity index (χ1n) is 12.2. The number of nitrogens with zero attached hydrogens (tertiary/aromatic N) is 3. The zero-order chi connectivity index (χ0) is 28.0. The maximum absolute atomic E-state index is 14.0. The van der Waals surface area contributed by atoms with E-state index in [1.54, 1.807) is 63.5 Å².